The van der Waals surface area contributed by atoms with E-state index in [4.69, 9.17) is 4.42 Å². The largest absolute Gasteiger partial charge is 0.508 e. The lowest BCUT2D eigenvalue weighted by atomic mass is 9.83. The molecule has 2 N–H and O–H groups in total. The maximum absolute atomic E-state index is 13.2. The van der Waals surface area contributed by atoms with E-state index < -0.39 is 0 Å². The maximum Gasteiger partial charge on any atom is 0.342 e. The number of para-hydroxylation sites is 1. The highest BCUT2D eigenvalue weighted by molar-refractivity contribution is 6.11. The van der Waals surface area contributed by atoms with E-state index in [0.717, 1.165) is 38.5 Å². The van der Waals surface area contributed by atoms with Crippen molar-refractivity contribution in [1.82, 2.24) is 0 Å². The summed E-state index contributed by atoms with van der Waals surface area (Å²) in [7, 11) is 0. The van der Waals surface area contributed by atoms with Gasteiger partial charge in [-0.3, -0.25) is 0 Å². The third-order valence-corrected chi connectivity index (χ3v) is 5.84. The molecule has 1 unspecified atom stereocenters. The van der Waals surface area contributed by atoms with Gasteiger partial charge >= 0.3 is 5.63 Å². The average Bonchev–Trinajstić information content (AvgIpc) is 2.78. The van der Waals surface area contributed by atoms with Crippen LogP contribution in [-0.4, -0.2) is 5.11 Å². The van der Waals surface area contributed by atoms with Crippen molar-refractivity contribution in [3.63, 3.8) is 0 Å². The fourth-order valence-electron chi connectivity index (χ4n) is 4.50. The minimum Gasteiger partial charge on any atom is -0.508 e. The lowest BCUT2D eigenvalue weighted by molar-refractivity contribution is 0.475. The Morgan fingerprint density at radius 3 is 2.33 bits per heavy atom. The van der Waals surface area contributed by atoms with E-state index in [9.17, 15) is 9.90 Å². The van der Waals surface area contributed by atoms with Gasteiger partial charge < -0.3 is 14.8 Å². The Kier molecular flexibility index (Phi) is 3.50. The molecule has 0 saturated carbocycles. The fraction of sp³-hybridized carbons (Fsp3) is 0.0385. The molecule has 0 bridgehead atoms. The highest BCUT2D eigenvalue weighted by atomic mass is 16.4. The van der Waals surface area contributed by atoms with Gasteiger partial charge in [-0.25, -0.2) is 4.79 Å². The number of nitrogens with one attached hydrogen (secondary N) is 1. The van der Waals surface area contributed by atoms with Crippen molar-refractivity contribution in [2.75, 3.05) is 5.32 Å². The van der Waals surface area contributed by atoms with Gasteiger partial charge in [0, 0.05) is 22.2 Å². The topological polar surface area (TPSA) is 62.5 Å². The molecule has 144 valence electrons. The number of phenolic OH excluding ortho intramolecular Hbond substituents is 1. The number of fused-ring (bicyclic) bond motifs is 7. The number of phenols is 1. The second kappa shape index (κ2) is 6.22. The molecule has 0 spiro atoms. The zero-order valence-corrected chi connectivity index (χ0v) is 15.9. The summed E-state index contributed by atoms with van der Waals surface area (Å²) in [5, 5.41) is 16.4. The van der Waals surface area contributed by atoms with Gasteiger partial charge in [-0.2, -0.15) is 0 Å². The average molecular weight is 391 g/mol. The van der Waals surface area contributed by atoms with E-state index >= 15 is 0 Å². The van der Waals surface area contributed by atoms with Crippen molar-refractivity contribution < 1.29 is 9.52 Å². The summed E-state index contributed by atoms with van der Waals surface area (Å²) in [6.45, 7) is 0. The van der Waals surface area contributed by atoms with Crippen LogP contribution in [0, 0.1) is 0 Å². The summed E-state index contributed by atoms with van der Waals surface area (Å²) in [6.07, 6.45) is 0. The molecule has 0 fully saturated rings. The molecule has 30 heavy (non-hydrogen) atoms. The van der Waals surface area contributed by atoms with E-state index in [1.165, 1.54) is 0 Å². The third kappa shape index (κ3) is 2.37. The Hall–Kier alpha value is -4.05. The summed E-state index contributed by atoms with van der Waals surface area (Å²) >= 11 is 0. The van der Waals surface area contributed by atoms with Crippen molar-refractivity contribution >= 4 is 27.4 Å². The van der Waals surface area contributed by atoms with Crippen LogP contribution in [0.15, 0.2) is 94.1 Å². The second-order valence-electron chi connectivity index (χ2n) is 7.55. The van der Waals surface area contributed by atoms with Crippen molar-refractivity contribution in [2.24, 2.45) is 0 Å². The van der Waals surface area contributed by atoms with Crippen LogP contribution in [0.25, 0.3) is 32.9 Å². The second-order valence-corrected chi connectivity index (χ2v) is 7.55. The Labute approximate surface area is 172 Å². The minimum atomic E-state index is -0.380. The Morgan fingerprint density at radius 1 is 0.767 bits per heavy atom. The summed E-state index contributed by atoms with van der Waals surface area (Å²) in [6, 6.07) is 26.6. The summed E-state index contributed by atoms with van der Waals surface area (Å²) in [5.41, 5.74) is 4.58. The van der Waals surface area contributed by atoms with Crippen molar-refractivity contribution in [3.8, 4) is 16.9 Å². The number of rotatable bonds is 1. The first kappa shape index (κ1) is 16.9. The lowest BCUT2D eigenvalue weighted by Gasteiger charge is -2.30. The van der Waals surface area contributed by atoms with Gasteiger partial charge in [0.05, 0.1) is 11.6 Å². The molecule has 0 radical (unpaired) electrons. The third-order valence-electron chi connectivity index (χ3n) is 5.84. The highest BCUT2D eigenvalue weighted by Crippen LogP contribution is 2.47. The zero-order chi connectivity index (χ0) is 20.2. The standard InChI is InChI=1S/C26H17NO3/c28-17-12-9-16(10-13-17)25-24-23(19-7-3-4-8-21(19)30-26(24)29)22-18-6-2-1-5-15(18)11-14-20(22)27-25/h1-14,25,27-28H. The SMILES string of the molecule is O=c1oc2ccccc2c2c1C(c1ccc(O)cc1)Nc1ccc3ccccc3c1-2. The molecule has 1 aromatic heterocycles. The first-order chi connectivity index (χ1) is 14.7. The highest BCUT2D eigenvalue weighted by Gasteiger charge is 2.32. The molecule has 4 nitrogen and oxygen atoms in total. The van der Waals surface area contributed by atoms with Crippen LogP contribution in [-0.2, 0) is 0 Å². The number of benzene rings is 4. The normalized spacial score (nSPS) is 14.9. The number of hydrogen-bond donors (Lipinski definition) is 2. The van der Waals surface area contributed by atoms with Crippen LogP contribution in [0.3, 0.4) is 0 Å². The molecule has 1 atom stereocenters. The maximum atomic E-state index is 13.2. The van der Waals surface area contributed by atoms with Crippen LogP contribution in [0.4, 0.5) is 5.69 Å². The van der Waals surface area contributed by atoms with E-state index in [1.54, 1.807) is 12.1 Å². The molecule has 5 aromatic rings. The molecule has 1 aliphatic rings. The van der Waals surface area contributed by atoms with Gasteiger partial charge in [0.1, 0.15) is 11.3 Å². The van der Waals surface area contributed by atoms with E-state index in [1.807, 2.05) is 48.5 Å². The molecule has 0 saturated heterocycles. The first-order valence-electron chi connectivity index (χ1n) is 9.84. The quantitative estimate of drug-likeness (QED) is 0.353. The van der Waals surface area contributed by atoms with Crippen LogP contribution in [0.5, 0.6) is 5.75 Å². The molecule has 2 heterocycles. The van der Waals surface area contributed by atoms with Crippen molar-refractivity contribution in [3.05, 3.63) is 106 Å². The van der Waals surface area contributed by atoms with E-state index in [0.29, 0.717) is 11.1 Å². The number of hydrogen-bond acceptors (Lipinski definition) is 4. The van der Waals surface area contributed by atoms with Crippen molar-refractivity contribution in [1.29, 1.82) is 0 Å². The zero-order valence-electron chi connectivity index (χ0n) is 15.9. The molecular formula is C26H17NO3. The fourth-order valence-corrected chi connectivity index (χ4v) is 4.50. The van der Waals surface area contributed by atoms with Crippen LogP contribution >= 0.6 is 0 Å². The predicted molar refractivity (Wildman–Crippen MR) is 119 cm³/mol. The molecule has 1 aliphatic heterocycles. The molecular weight excluding hydrogens is 374 g/mol. The van der Waals surface area contributed by atoms with Gasteiger partial charge in [0.15, 0.2) is 0 Å². The molecule has 4 aromatic carbocycles. The predicted octanol–water partition coefficient (Wildman–Crippen LogP) is 5.83. The van der Waals surface area contributed by atoms with Gasteiger partial charge in [-0.05, 0) is 40.6 Å². The van der Waals surface area contributed by atoms with E-state index in [-0.39, 0.29) is 17.4 Å². The Morgan fingerprint density at radius 2 is 1.50 bits per heavy atom. The van der Waals surface area contributed by atoms with Crippen molar-refractivity contribution in [2.45, 2.75) is 6.04 Å². The molecule has 0 amide bonds. The van der Waals surface area contributed by atoms with Gasteiger partial charge in [0.2, 0.25) is 0 Å². The van der Waals surface area contributed by atoms with E-state index in [2.05, 4.69) is 29.6 Å². The minimum absolute atomic E-state index is 0.187. The molecule has 6 rings (SSSR count). The lowest BCUT2D eigenvalue weighted by Crippen LogP contribution is -2.25. The van der Waals surface area contributed by atoms with Gasteiger partial charge in [-0.15, -0.1) is 0 Å². The summed E-state index contributed by atoms with van der Waals surface area (Å²) in [5.74, 6) is 0.187. The first-order valence-corrected chi connectivity index (χ1v) is 9.84. The smallest absolute Gasteiger partial charge is 0.342 e. The Balaban J connectivity index is 1.77. The van der Waals surface area contributed by atoms with Gasteiger partial charge in [-0.1, -0.05) is 60.7 Å². The van der Waals surface area contributed by atoms with Crippen LogP contribution < -0.4 is 10.9 Å². The Bertz CT molecular complexity index is 1500. The summed E-state index contributed by atoms with van der Waals surface area (Å²) in [4.78, 5) is 13.2. The number of anilines is 1. The van der Waals surface area contributed by atoms with Crippen LogP contribution in [0.1, 0.15) is 17.2 Å². The molecule has 4 heteroatoms. The van der Waals surface area contributed by atoms with Crippen LogP contribution in [0.2, 0.25) is 0 Å². The monoisotopic (exact) mass is 391 g/mol. The van der Waals surface area contributed by atoms with Gasteiger partial charge in [0.25, 0.3) is 0 Å². The number of aromatic hydroxyl groups is 1. The summed E-state index contributed by atoms with van der Waals surface area (Å²) < 4.78 is 5.72. The molecule has 0 aliphatic carbocycles.